The first-order valence-electron chi connectivity index (χ1n) is 5.94. The fraction of sp³-hybridized carbons (Fsp3) is 0.556. The molecule has 1 fully saturated rings. The molecule has 1 saturated heterocycles. The lowest BCUT2D eigenvalue weighted by Crippen LogP contribution is -2.48. The summed E-state index contributed by atoms with van der Waals surface area (Å²) in [5, 5.41) is 28.1. The van der Waals surface area contributed by atoms with Crippen LogP contribution in [0.3, 0.4) is 0 Å². The highest BCUT2D eigenvalue weighted by molar-refractivity contribution is 8.06. The molecule has 11 nitrogen and oxygen atoms in total. The molecule has 0 spiro atoms. The van der Waals surface area contributed by atoms with E-state index in [4.69, 9.17) is 19.6 Å². The Labute approximate surface area is 131 Å². The summed E-state index contributed by atoms with van der Waals surface area (Å²) < 4.78 is 23.5. The Kier molecular flexibility index (Phi) is 4.76. The summed E-state index contributed by atoms with van der Waals surface area (Å²) in [5.74, 6) is -3.47. The average molecular weight is 374 g/mol. The zero-order chi connectivity index (χ0) is 17.6. The van der Waals surface area contributed by atoms with Gasteiger partial charge in [-0.2, -0.15) is 0 Å². The highest BCUT2D eigenvalue weighted by Crippen LogP contribution is 2.38. The molecule has 0 bridgehead atoms. The number of alkyl halides is 1. The van der Waals surface area contributed by atoms with E-state index in [-0.39, 0.29) is 4.73 Å². The van der Waals surface area contributed by atoms with Gasteiger partial charge in [-0.1, -0.05) is 4.73 Å². The van der Waals surface area contributed by atoms with Crippen LogP contribution in [0.1, 0.15) is 6.23 Å². The molecule has 0 unspecified atom stereocenters. The van der Waals surface area contributed by atoms with Gasteiger partial charge in [0.25, 0.3) is 11.4 Å². The Balaban J connectivity index is 2.54. The molecular weight excluding hydrogens is 362 g/mol. The van der Waals surface area contributed by atoms with Crippen molar-refractivity contribution in [1.29, 1.82) is 0 Å². The van der Waals surface area contributed by atoms with Crippen LogP contribution in [0, 0.1) is 0 Å². The normalized spacial score (nSPS) is 31.3. The molecule has 1 aliphatic rings. The lowest BCUT2D eigenvalue weighted by atomic mass is 10.1. The van der Waals surface area contributed by atoms with Crippen LogP contribution >= 0.6 is 6.72 Å². The van der Waals surface area contributed by atoms with Gasteiger partial charge in [0.15, 0.2) is 6.23 Å². The summed E-state index contributed by atoms with van der Waals surface area (Å²) in [6.07, 6.45) is -5.12. The minimum Gasteiger partial charge on any atom is -0.394 e. The fourth-order valence-corrected chi connectivity index (χ4v) is 2.54. The van der Waals surface area contributed by atoms with Gasteiger partial charge in [0.1, 0.15) is 12.2 Å². The first-order chi connectivity index (χ1) is 10.5. The number of hydrogen-bond acceptors (Lipinski definition) is 8. The summed E-state index contributed by atoms with van der Waals surface area (Å²) in [5.41, 5.74) is -2.61. The smallest absolute Gasteiger partial charge is 0.394 e. The van der Waals surface area contributed by atoms with E-state index in [9.17, 15) is 24.2 Å². The average Bonchev–Trinajstić information content (AvgIpc) is 2.65. The maximum Gasteiger partial charge on any atom is 0.395 e. The Hall–Kier alpha value is -1.18. The minimum absolute atomic E-state index is 0.154. The summed E-state index contributed by atoms with van der Waals surface area (Å²) >= 11 is 4.13. The third-order valence-electron chi connectivity index (χ3n) is 3.01. The third-order valence-corrected chi connectivity index (χ3v) is 3.59. The SMILES string of the molecule is O=c1ccn([C@@H]2O[C@H](CO)[C@@H](O)[C@]2(O)F)c(=O)n1OP(O)(O)=S. The fourth-order valence-electron chi connectivity index (χ4n) is 1.98. The monoisotopic (exact) mass is 374 g/mol. The molecular formula is C9H12FN2O9PS. The molecule has 4 atom stereocenters. The molecule has 23 heavy (non-hydrogen) atoms. The van der Waals surface area contributed by atoms with E-state index in [1.54, 1.807) is 0 Å². The second-order valence-electron chi connectivity index (χ2n) is 4.59. The van der Waals surface area contributed by atoms with Crippen LogP contribution in [0.25, 0.3) is 0 Å². The van der Waals surface area contributed by atoms with Gasteiger partial charge < -0.3 is 34.5 Å². The Morgan fingerprint density at radius 3 is 2.57 bits per heavy atom. The lowest BCUT2D eigenvalue weighted by molar-refractivity contribution is -0.197. The lowest BCUT2D eigenvalue weighted by Gasteiger charge is -2.24. The minimum atomic E-state index is -4.46. The standard InChI is InChI=1S/C9H12FN2O9PS/c10-9(17)6(15)4(3-13)20-7(9)11-2-1-5(14)12(8(11)16)21-22(18,19)23/h1-2,4,6-7,13,15,17H,3H2,(H2,18,19,23)/t4-,6-,7-,9-/m1/s1. The highest BCUT2D eigenvalue weighted by atomic mass is 32.5. The van der Waals surface area contributed by atoms with E-state index in [1.165, 1.54) is 0 Å². The van der Waals surface area contributed by atoms with Crippen molar-refractivity contribution in [3.8, 4) is 0 Å². The number of aliphatic hydroxyl groups excluding tert-OH is 2. The third kappa shape index (κ3) is 3.36. The van der Waals surface area contributed by atoms with Crippen LogP contribution in [-0.4, -0.2) is 59.1 Å². The van der Waals surface area contributed by atoms with E-state index in [1.807, 2.05) is 0 Å². The molecule has 1 aromatic heterocycles. The Morgan fingerprint density at radius 1 is 1.48 bits per heavy atom. The first kappa shape index (κ1) is 18.2. The van der Waals surface area contributed by atoms with Gasteiger partial charge in [-0.05, 0) is 0 Å². The maximum absolute atomic E-state index is 14.2. The highest BCUT2D eigenvalue weighted by Gasteiger charge is 2.57. The summed E-state index contributed by atoms with van der Waals surface area (Å²) in [7, 11) is 0. The van der Waals surface area contributed by atoms with Gasteiger partial charge in [0, 0.05) is 24.1 Å². The molecule has 0 saturated carbocycles. The molecule has 14 heteroatoms. The molecule has 1 aromatic rings. The number of nitrogens with zero attached hydrogens (tertiary/aromatic N) is 2. The van der Waals surface area contributed by atoms with Crippen LogP contribution in [0.4, 0.5) is 4.39 Å². The summed E-state index contributed by atoms with van der Waals surface area (Å²) in [4.78, 5) is 41.7. The number of aliphatic hydroxyl groups is 3. The molecule has 0 aromatic carbocycles. The van der Waals surface area contributed by atoms with Gasteiger partial charge in [-0.25, -0.2) is 9.18 Å². The van der Waals surface area contributed by atoms with Crippen molar-refractivity contribution in [2.45, 2.75) is 24.3 Å². The summed E-state index contributed by atoms with van der Waals surface area (Å²) in [6.45, 7) is -5.32. The van der Waals surface area contributed by atoms with Gasteiger partial charge in [0.05, 0.1) is 6.61 Å². The second kappa shape index (κ2) is 6.03. The van der Waals surface area contributed by atoms with E-state index in [2.05, 4.69) is 16.4 Å². The van der Waals surface area contributed by atoms with Crippen LogP contribution in [-0.2, 0) is 16.5 Å². The van der Waals surface area contributed by atoms with Crippen molar-refractivity contribution in [2.75, 3.05) is 6.61 Å². The predicted octanol–water partition coefficient (Wildman–Crippen LogP) is -3.44. The molecule has 0 radical (unpaired) electrons. The molecule has 0 aliphatic carbocycles. The molecule has 130 valence electrons. The molecule has 2 rings (SSSR count). The number of ether oxygens (including phenoxy) is 1. The van der Waals surface area contributed by atoms with Gasteiger partial charge in [0.2, 0.25) is 0 Å². The van der Waals surface area contributed by atoms with Crippen molar-refractivity contribution in [2.24, 2.45) is 0 Å². The van der Waals surface area contributed by atoms with Crippen LogP contribution in [0.2, 0.25) is 0 Å². The van der Waals surface area contributed by atoms with E-state index < -0.39 is 48.9 Å². The predicted molar refractivity (Wildman–Crippen MR) is 73.3 cm³/mol. The zero-order valence-electron chi connectivity index (χ0n) is 11.1. The van der Waals surface area contributed by atoms with Crippen molar-refractivity contribution < 1.29 is 38.9 Å². The van der Waals surface area contributed by atoms with Crippen molar-refractivity contribution in [3.05, 3.63) is 33.1 Å². The van der Waals surface area contributed by atoms with E-state index >= 15 is 0 Å². The zero-order valence-corrected chi connectivity index (χ0v) is 12.8. The number of hydrogen-bond donors (Lipinski definition) is 5. The summed E-state index contributed by atoms with van der Waals surface area (Å²) in [6, 6.07) is 0.671. The van der Waals surface area contributed by atoms with Crippen molar-refractivity contribution in [1.82, 2.24) is 9.30 Å². The molecule has 5 N–H and O–H groups in total. The van der Waals surface area contributed by atoms with Gasteiger partial charge in [-0.3, -0.25) is 9.36 Å². The molecule has 1 aliphatic heterocycles. The quantitative estimate of drug-likeness (QED) is 0.335. The van der Waals surface area contributed by atoms with Gasteiger partial charge in [-0.15, -0.1) is 0 Å². The Morgan fingerprint density at radius 2 is 2.09 bits per heavy atom. The topological polar surface area (TPSA) is 164 Å². The Bertz CT molecular complexity index is 758. The number of halogens is 1. The first-order valence-corrected chi connectivity index (χ1v) is 8.57. The maximum atomic E-state index is 14.2. The second-order valence-corrected chi connectivity index (χ2v) is 7.16. The molecule has 2 heterocycles. The van der Waals surface area contributed by atoms with E-state index in [0.29, 0.717) is 10.6 Å². The number of aromatic nitrogens is 2. The van der Waals surface area contributed by atoms with E-state index in [0.717, 1.165) is 6.20 Å². The van der Waals surface area contributed by atoms with Crippen molar-refractivity contribution >= 4 is 18.5 Å². The number of rotatable bonds is 4. The van der Waals surface area contributed by atoms with Crippen LogP contribution in [0.5, 0.6) is 0 Å². The van der Waals surface area contributed by atoms with Crippen LogP contribution in [0.15, 0.2) is 21.9 Å². The van der Waals surface area contributed by atoms with Crippen molar-refractivity contribution in [3.63, 3.8) is 0 Å². The largest absolute Gasteiger partial charge is 0.395 e. The molecule has 0 amide bonds. The van der Waals surface area contributed by atoms with Gasteiger partial charge >= 0.3 is 12.4 Å². The van der Waals surface area contributed by atoms with Crippen LogP contribution < -0.4 is 15.9 Å².